The fraction of sp³-hybridized carbons (Fsp3) is 0.100. The van der Waals surface area contributed by atoms with E-state index >= 15 is 0 Å². The van der Waals surface area contributed by atoms with Crippen molar-refractivity contribution in [3.05, 3.63) is 48.6 Å². The van der Waals surface area contributed by atoms with Crippen LogP contribution in [0.15, 0.2) is 42.9 Å². The lowest BCUT2D eigenvalue weighted by atomic mass is 10.3. The van der Waals surface area contributed by atoms with Crippen LogP contribution in [-0.4, -0.2) is 15.8 Å². The van der Waals surface area contributed by atoms with Gasteiger partial charge in [-0.1, -0.05) is 12.2 Å². The van der Waals surface area contributed by atoms with Gasteiger partial charge in [0.15, 0.2) is 0 Å². The normalized spacial score (nSPS) is 14.9. The zero-order valence-electron chi connectivity index (χ0n) is 7.10. The van der Waals surface area contributed by atoms with Crippen molar-refractivity contribution in [2.24, 2.45) is 0 Å². The zero-order chi connectivity index (χ0) is 9.10. The number of amides is 1. The Morgan fingerprint density at radius 3 is 2.77 bits per heavy atom. The van der Waals surface area contributed by atoms with E-state index in [1.807, 2.05) is 18.2 Å². The van der Waals surface area contributed by atoms with Crippen LogP contribution in [0.1, 0.15) is 16.9 Å². The van der Waals surface area contributed by atoms with E-state index in [0.717, 1.165) is 6.42 Å². The van der Waals surface area contributed by atoms with E-state index in [0.29, 0.717) is 5.69 Å². The predicted molar refractivity (Wildman–Crippen MR) is 49.9 cm³/mol. The Hall–Kier alpha value is -1.77. The SMILES string of the molecule is O=C(c1ccc[nH]1)N1C=CCC=C1. The molecule has 66 valence electrons. The first-order valence-electron chi connectivity index (χ1n) is 4.17. The second-order valence-electron chi connectivity index (χ2n) is 2.80. The fourth-order valence-electron chi connectivity index (χ4n) is 1.21. The second kappa shape index (κ2) is 3.31. The van der Waals surface area contributed by atoms with Gasteiger partial charge in [-0.15, -0.1) is 0 Å². The molecule has 3 nitrogen and oxygen atoms in total. The van der Waals surface area contributed by atoms with Crippen LogP contribution in [0.4, 0.5) is 0 Å². The monoisotopic (exact) mass is 174 g/mol. The van der Waals surface area contributed by atoms with E-state index in [-0.39, 0.29) is 5.91 Å². The highest BCUT2D eigenvalue weighted by atomic mass is 16.2. The number of rotatable bonds is 1. The van der Waals surface area contributed by atoms with Gasteiger partial charge < -0.3 is 4.98 Å². The Morgan fingerprint density at radius 1 is 1.38 bits per heavy atom. The third kappa shape index (κ3) is 1.54. The molecule has 0 radical (unpaired) electrons. The molecule has 0 atom stereocenters. The van der Waals surface area contributed by atoms with Crippen LogP contribution in [0.5, 0.6) is 0 Å². The summed E-state index contributed by atoms with van der Waals surface area (Å²) in [5, 5.41) is 0. The summed E-state index contributed by atoms with van der Waals surface area (Å²) >= 11 is 0. The van der Waals surface area contributed by atoms with E-state index in [9.17, 15) is 4.79 Å². The maximum atomic E-state index is 11.7. The van der Waals surface area contributed by atoms with Crippen molar-refractivity contribution in [2.45, 2.75) is 6.42 Å². The molecule has 13 heavy (non-hydrogen) atoms. The molecule has 3 heteroatoms. The van der Waals surface area contributed by atoms with E-state index in [1.165, 1.54) is 0 Å². The highest BCUT2D eigenvalue weighted by molar-refractivity contribution is 5.93. The summed E-state index contributed by atoms with van der Waals surface area (Å²) in [7, 11) is 0. The number of nitrogens with zero attached hydrogens (tertiary/aromatic N) is 1. The number of carbonyl (C=O) groups is 1. The van der Waals surface area contributed by atoms with Crippen molar-refractivity contribution in [3.8, 4) is 0 Å². The van der Waals surface area contributed by atoms with Gasteiger partial charge in [0.05, 0.1) is 0 Å². The van der Waals surface area contributed by atoms with Gasteiger partial charge in [0.2, 0.25) is 0 Å². The van der Waals surface area contributed by atoms with Gasteiger partial charge in [-0.25, -0.2) is 0 Å². The van der Waals surface area contributed by atoms with Crippen molar-refractivity contribution in [3.63, 3.8) is 0 Å². The van der Waals surface area contributed by atoms with Crippen LogP contribution in [-0.2, 0) is 0 Å². The molecule has 0 bridgehead atoms. The number of aromatic amines is 1. The average molecular weight is 174 g/mol. The number of hydrogen-bond acceptors (Lipinski definition) is 1. The summed E-state index contributed by atoms with van der Waals surface area (Å²) in [4.78, 5) is 16.1. The zero-order valence-corrected chi connectivity index (χ0v) is 7.10. The standard InChI is InChI=1S/C10H10N2O/c13-10(9-5-4-6-11-9)12-7-2-1-3-8-12/h2-8,11H,1H2. The van der Waals surface area contributed by atoms with E-state index < -0.39 is 0 Å². The molecule has 0 unspecified atom stereocenters. The Morgan fingerprint density at radius 2 is 2.15 bits per heavy atom. The molecule has 0 fully saturated rings. The minimum absolute atomic E-state index is 0.0304. The number of nitrogens with one attached hydrogen (secondary N) is 1. The van der Waals surface area contributed by atoms with E-state index in [2.05, 4.69) is 4.98 Å². The summed E-state index contributed by atoms with van der Waals surface area (Å²) in [5.74, 6) is -0.0304. The summed E-state index contributed by atoms with van der Waals surface area (Å²) in [6.45, 7) is 0. The summed E-state index contributed by atoms with van der Waals surface area (Å²) in [5.41, 5.74) is 0.608. The second-order valence-corrected chi connectivity index (χ2v) is 2.80. The minimum atomic E-state index is -0.0304. The average Bonchev–Trinajstić information content (AvgIpc) is 2.71. The molecule has 0 aliphatic carbocycles. The number of H-pyrrole nitrogens is 1. The van der Waals surface area contributed by atoms with Crippen LogP contribution < -0.4 is 0 Å². The molecule has 0 spiro atoms. The lowest BCUT2D eigenvalue weighted by Crippen LogP contribution is -2.21. The fourth-order valence-corrected chi connectivity index (χ4v) is 1.21. The first-order valence-corrected chi connectivity index (χ1v) is 4.17. The van der Waals surface area contributed by atoms with Crippen LogP contribution in [0, 0.1) is 0 Å². The van der Waals surface area contributed by atoms with Gasteiger partial charge in [-0.05, 0) is 18.6 Å². The molecule has 2 rings (SSSR count). The smallest absolute Gasteiger partial charge is 0.278 e. The lowest BCUT2D eigenvalue weighted by Gasteiger charge is -2.14. The van der Waals surface area contributed by atoms with Crippen LogP contribution in [0.2, 0.25) is 0 Å². The van der Waals surface area contributed by atoms with Crippen molar-refractivity contribution >= 4 is 5.91 Å². The third-order valence-corrected chi connectivity index (χ3v) is 1.87. The summed E-state index contributed by atoms with van der Waals surface area (Å²) in [6.07, 6.45) is 10.1. The van der Waals surface area contributed by atoms with Gasteiger partial charge in [-0.3, -0.25) is 9.69 Å². The Kier molecular flexibility index (Phi) is 2.00. The highest BCUT2D eigenvalue weighted by Crippen LogP contribution is 2.07. The Labute approximate surface area is 76.4 Å². The number of hydrogen-bond donors (Lipinski definition) is 1. The van der Waals surface area contributed by atoms with Gasteiger partial charge >= 0.3 is 0 Å². The Balaban J connectivity index is 2.18. The minimum Gasteiger partial charge on any atom is -0.357 e. The molecule has 1 aliphatic heterocycles. The van der Waals surface area contributed by atoms with Gasteiger partial charge in [-0.2, -0.15) is 0 Å². The lowest BCUT2D eigenvalue weighted by molar-refractivity contribution is 0.0863. The quantitative estimate of drug-likeness (QED) is 0.693. The summed E-state index contributed by atoms with van der Waals surface area (Å²) in [6, 6.07) is 3.57. The molecule has 0 aromatic carbocycles. The molecule has 0 saturated carbocycles. The number of allylic oxidation sites excluding steroid dienone is 2. The van der Waals surface area contributed by atoms with Crippen molar-refractivity contribution in [1.82, 2.24) is 9.88 Å². The first-order chi connectivity index (χ1) is 6.38. The first kappa shape index (κ1) is 7.86. The van der Waals surface area contributed by atoms with E-state index in [4.69, 9.17) is 0 Å². The molecule has 2 heterocycles. The van der Waals surface area contributed by atoms with Crippen molar-refractivity contribution < 1.29 is 4.79 Å². The van der Waals surface area contributed by atoms with E-state index in [1.54, 1.807) is 29.6 Å². The molecule has 1 aromatic rings. The molecule has 1 amide bonds. The molecular weight excluding hydrogens is 164 g/mol. The number of aromatic nitrogens is 1. The summed E-state index contributed by atoms with van der Waals surface area (Å²) < 4.78 is 0. The molecule has 1 aromatic heterocycles. The number of carbonyl (C=O) groups excluding carboxylic acids is 1. The van der Waals surface area contributed by atoms with Crippen LogP contribution in [0.25, 0.3) is 0 Å². The third-order valence-electron chi connectivity index (χ3n) is 1.87. The van der Waals surface area contributed by atoms with Crippen LogP contribution >= 0.6 is 0 Å². The molecule has 0 saturated heterocycles. The maximum absolute atomic E-state index is 11.7. The van der Waals surface area contributed by atoms with Gasteiger partial charge in [0.25, 0.3) is 5.91 Å². The molecule has 1 N–H and O–H groups in total. The maximum Gasteiger partial charge on any atom is 0.278 e. The van der Waals surface area contributed by atoms with Crippen molar-refractivity contribution in [2.75, 3.05) is 0 Å². The Bertz CT molecular complexity index is 337. The molecule has 1 aliphatic rings. The highest BCUT2D eigenvalue weighted by Gasteiger charge is 2.11. The largest absolute Gasteiger partial charge is 0.357 e. The molecular formula is C10H10N2O. The van der Waals surface area contributed by atoms with Gasteiger partial charge in [0, 0.05) is 18.6 Å². The van der Waals surface area contributed by atoms with Crippen molar-refractivity contribution in [1.29, 1.82) is 0 Å². The van der Waals surface area contributed by atoms with Gasteiger partial charge in [0.1, 0.15) is 5.69 Å². The topological polar surface area (TPSA) is 36.1 Å². The predicted octanol–water partition coefficient (Wildman–Crippen LogP) is 1.89. The van der Waals surface area contributed by atoms with Crippen LogP contribution in [0.3, 0.4) is 0 Å².